The van der Waals surface area contributed by atoms with E-state index < -0.39 is 150 Å². The van der Waals surface area contributed by atoms with E-state index in [9.17, 15) is 38.4 Å². The maximum atomic E-state index is 12.9. The molecule has 2 aliphatic rings. The predicted octanol–water partition coefficient (Wildman–Crippen LogP) is 2.12. The van der Waals surface area contributed by atoms with E-state index in [-0.39, 0.29) is 22.9 Å². The molecule has 1 aromatic heterocycles. The molecule has 0 bridgehead atoms. The van der Waals surface area contributed by atoms with E-state index >= 15 is 0 Å². The predicted molar refractivity (Wildman–Crippen MR) is 202 cm³/mol. The van der Waals surface area contributed by atoms with Crippen LogP contribution < -0.4 is 5.32 Å². The van der Waals surface area contributed by atoms with E-state index in [1.54, 1.807) is 6.07 Å². The fourth-order valence-electron chi connectivity index (χ4n) is 6.09. The molecule has 22 heteroatoms. The van der Waals surface area contributed by atoms with Crippen LogP contribution in [0.1, 0.15) is 69.8 Å². The second-order valence-electron chi connectivity index (χ2n) is 13.0. The summed E-state index contributed by atoms with van der Waals surface area (Å²) in [5.41, 5.74) is 0.781. The molecule has 2 aromatic rings. The number of amides is 1. The van der Waals surface area contributed by atoms with Gasteiger partial charge in [-0.05, 0) is 29.8 Å². The van der Waals surface area contributed by atoms with E-state index in [0.29, 0.717) is 5.56 Å². The Balaban J connectivity index is 1.78. The minimum atomic E-state index is -2.09. The molecule has 1 unspecified atom stereocenters. The van der Waals surface area contributed by atoms with E-state index in [4.69, 9.17) is 69.2 Å². The molecule has 0 radical (unpaired) electrons. The van der Waals surface area contributed by atoms with Gasteiger partial charge in [0, 0.05) is 66.2 Å². The van der Waals surface area contributed by atoms with Crippen molar-refractivity contribution in [1.29, 1.82) is 0 Å². The van der Waals surface area contributed by atoms with Gasteiger partial charge in [0.1, 0.15) is 31.5 Å². The summed E-state index contributed by atoms with van der Waals surface area (Å²) in [6.45, 7) is -2.81. The minimum absolute atomic E-state index is 0.153. The summed E-state index contributed by atoms with van der Waals surface area (Å²) in [6.07, 6.45) is -15.4. The van der Waals surface area contributed by atoms with Gasteiger partial charge < -0.3 is 57.4 Å². The third-order valence-corrected chi connectivity index (χ3v) is 8.69. The normalized spacial score (nSPS) is 26.6. The van der Waals surface area contributed by atoms with Crippen molar-refractivity contribution in [2.45, 2.75) is 116 Å². The molecule has 2 aliphatic heterocycles. The van der Waals surface area contributed by atoms with Crippen LogP contribution in [-0.4, -0.2) is 127 Å². The molecule has 332 valence electrons. The van der Waals surface area contributed by atoms with Gasteiger partial charge in [-0.2, -0.15) is 0 Å². The van der Waals surface area contributed by atoms with Crippen molar-refractivity contribution in [1.82, 2.24) is 4.98 Å². The highest BCUT2D eigenvalue weighted by Gasteiger charge is 2.57. The van der Waals surface area contributed by atoms with Crippen molar-refractivity contribution in [3.63, 3.8) is 0 Å². The fourth-order valence-corrected chi connectivity index (χ4v) is 6.26. The summed E-state index contributed by atoms with van der Waals surface area (Å²) >= 11 is 6.38. The quantitative estimate of drug-likeness (QED) is 0.187. The summed E-state index contributed by atoms with van der Waals surface area (Å²) < 4.78 is 92.3. The number of rotatable bonds is 16. The molecule has 1 amide bonds. The lowest BCUT2D eigenvalue weighted by Gasteiger charge is -2.48. The molecule has 2 saturated heterocycles. The van der Waals surface area contributed by atoms with Crippen molar-refractivity contribution in [3.8, 4) is 0 Å². The number of aromatic nitrogens is 1. The van der Waals surface area contributed by atoms with Gasteiger partial charge in [0.15, 0.2) is 43.1 Å². The zero-order valence-corrected chi connectivity index (χ0v) is 33.6. The first kappa shape index (κ1) is 42.0. The van der Waals surface area contributed by atoms with Crippen molar-refractivity contribution >= 4 is 65.0 Å². The van der Waals surface area contributed by atoms with Crippen LogP contribution in [-0.2, 0) is 92.3 Å². The van der Waals surface area contributed by atoms with Crippen LogP contribution in [0.5, 0.6) is 0 Å². The first-order valence-corrected chi connectivity index (χ1v) is 18.3. The molecule has 1 N–H and O–H groups in total. The third kappa shape index (κ3) is 14.2. The molecular formula is C39H45ClN2O19. The number of carbonyl (C=O) groups excluding carboxylic acids is 8. The van der Waals surface area contributed by atoms with Crippen LogP contribution in [0.3, 0.4) is 0 Å². The molecule has 61 heavy (non-hydrogen) atoms. The number of hydrogen-bond acceptors (Lipinski definition) is 20. The molecule has 0 saturated carbocycles. The van der Waals surface area contributed by atoms with Gasteiger partial charge in [0.05, 0.1) is 22.9 Å². The summed E-state index contributed by atoms with van der Waals surface area (Å²) in [7, 11) is 0. The summed E-state index contributed by atoms with van der Waals surface area (Å²) in [4.78, 5) is 105. The van der Waals surface area contributed by atoms with E-state index in [0.717, 1.165) is 20.8 Å². The Morgan fingerprint density at radius 3 is 1.82 bits per heavy atom. The number of anilines is 1. The first-order valence-electron chi connectivity index (χ1n) is 20.8. The van der Waals surface area contributed by atoms with Gasteiger partial charge in [-0.1, -0.05) is 17.7 Å². The third-order valence-electron chi connectivity index (χ3n) is 8.36. The lowest BCUT2D eigenvalue weighted by molar-refractivity contribution is -0.362. The Kier molecular flexibility index (Phi) is 15.3. The number of hydrogen-bond donors (Lipinski definition) is 1. The molecule has 4 rings (SSSR count). The fraction of sp³-hybridized carbons (Fsp3) is 0.513. The molecule has 2 fully saturated rings. The van der Waals surface area contributed by atoms with Crippen LogP contribution in [0.4, 0.5) is 5.69 Å². The maximum absolute atomic E-state index is 12.9. The first-order chi connectivity index (χ1) is 31.0. The topological polar surface area (TPSA) is 263 Å². The van der Waals surface area contributed by atoms with Crippen LogP contribution in [0.15, 0.2) is 42.7 Å². The zero-order chi connectivity index (χ0) is 47.8. The van der Waals surface area contributed by atoms with Crippen LogP contribution in [0.25, 0.3) is 0 Å². The Morgan fingerprint density at radius 1 is 0.672 bits per heavy atom. The number of nitrogens with zero attached hydrogens (tertiary/aromatic N) is 1. The van der Waals surface area contributed by atoms with Gasteiger partial charge in [0.2, 0.25) is 0 Å². The number of esters is 7. The molecule has 0 spiro atoms. The second-order valence-corrected chi connectivity index (χ2v) is 13.4. The Hall–Kier alpha value is -5.74. The molecule has 0 aliphatic carbocycles. The lowest BCUT2D eigenvalue weighted by atomic mass is 9.96. The highest BCUT2D eigenvalue weighted by Crippen LogP contribution is 2.36. The average molecular weight is 885 g/mol. The average Bonchev–Trinajstić information content (AvgIpc) is 3.28. The van der Waals surface area contributed by atoms with Gasteiger partial charge in [-0.15, -0.1) is 0 Å². The number of ether oxygens (including phenoxy) is 11. The van der Waals surface area contributed by atoms with Crippen molar-refractivity contribution < 1.29 is 95.9 Å². The number of benzene rings is 1. The van der Waals surface area contributed by atoms with Gasteiger partial charge in [-0.25, -0.2) is 0 Å². The number of halogens is 1. The molecule has 21 nitrogen and oxygen atoms in total. The van der Waals surface area contributed by atoms with Crippen molar-refractivity contribution in [2.24, 2.45) is 0 Å². The highest BCUT2D eigenvalue weighted by atomic mass is 35.5. The monoisotopic (exact) mass is 884 g/mol. The van der Waals surface area contributed by atoms with Crippen LogP contribution in [0, 0.1) is 0 Å². The van der Waals surface area contributed by atoms with E-state index in [2.05, 4.69) is 10.3 Å². The summed E-state index contributed by atoms with van der Waals surface area (Å²) in [6, 6.07) is 7.56. The van der Waals surface area contributed by atoms with Crippen LogP contribution >= 0.6 is 11.6 Å². The van der Waals surface area contributed by atoms with Crippen molar-refractivity contribution in [2.75, 3.05) is 18.5 Å². The second kappa shape index (κ2) is 22.2. The number of carbonyl (C=O) groups is 8. The van der Waals surface area contributed by atoms with Crippen LogP contribution in [0.2, 0.25) is 5.02 Å². The van der Waals surface area contributed by atoms with Gasteiger partial charge in [-0.3, -0.25) is 43.3 Å². The van der Waals surface area contributed by atoms with E-state index in [1.807, 2.05) is 0 Å². The smallest absolute Gasteiger partial charge is 0.303 e. The lowest BCUT2D eigenvalue weighted by Crippen LogP contribution is -2.67. The Bertz CT molecular complexity index is 2020. The van der Waals surface area contributed by atoms with E-state index in [1.165, 1.54) is 36.7 Å². The maximum Gasteiger partial charge on any atom is 0.303 e. The largest absolute Gasteiger partial charge is 0.463 e. The molecule has 1 aromatic carbocycles. The Morgan fingerprint density at radius 2 is 1.21 bits per heavy atom. The summed E-state index contributed by atoms with van der Waals surface area (Å²) in [5.74, 6) is -8.22. The number of nitrogens with one attached hydrogen (secondary N) is 1. The zero-order valence-electron chi connectivity index (χ0n) is 36.8. The Labute approximate surface area is 359 Å². The molecule has 10 atom stereocenters. The highest BCUT2D eigenvalue weighted by molar-refractivity contribution is 6.34. The molecular weight excluding hydrogens is 836 g/mol. The molecule has 3 heterocycles. The van der Waals surface area contributed by atoms with Gasteiger partial charge >= 0.3 is 41.8 Å². The number of pyridine rings is 1. The van der Waals surface area contributed by atoms with Gasteiger partial charge in [0.25, 0.3) is 5.91 Å². The van der Waals surface area contributed by atoms with Crippen molar-refractivity contribution in [3.05, 3.63) is 58.9 Å². The SMILES string of the molecule is [2H]CC(=O)OC[C@H]1OC(O[C@H]2[C@H](OC(C)=O)[C@@H](OC(C)=O)[C@H](OCc3ccc(Cl)c(NC(=O)c4cccnc4)c3)O[C@@H]2COC(C)=O)[C@H](OC(=O)C[2H])[C@@H](OC(=O)C[2H])[C@@H]1OC(=O)C[2H]. The minimum Gasteiger partial charge on any atom is -0.463 e. The summed E-state index contributed by atoms with van der Waals surface area (Å²) in [5, 5.41) is 2.82. The standard InChI is InChI=1S/C39H45ClN2O19/c1-18(43)51-16-29-31(54-20(3)45)33(55-21(4)46)36(58-24(7)49)39(60-29)61-32-30(17-52-19(2)44)59-38(35(57-23(6)48)34(32)56-22(5)47)53-15-25-10-11-27(40)28(13-25)42-37(50)26-9-8-12-41-14-26/h8-14,29-36,38-39H,15-17H2,1-7H3,(H,42,50)/t29-,30-,31-,32-,33+,34+,35-,36-,38-,39?/m1/s1/i1D,3D,4D,7D.